The SMILES string of the molecule is CCN(CC(=O)Nc1ccccc1OC)C(=O)[C@@H]1C[C@@H]2C=C[C@H]1C2. The number of rotatable bonds is 6. The van der Waals surface area contributed by atoms with Gasteiger partial charge < -0.3 is 15.0 Å². The van der Waals surface area contributed by atoms with Gasteiger partial charge in [0.05, 0.1) is 19.3 Å². The van der Waals surface area contributed by atoms with Crippen LogP contribution < -0.4 is 10.1 Å². The number of amides is 2. The van der Waals surface area contributed by atoms with E-state index in [4.69, 9.17) is 4.74 Å². The third-order valence-electron chi connectivity index (χ3n) is 5.01. The Balaban J connectivity index is 1.61. The first-order chi connectivity index (χ1) is 11.6. The van der Waals surface area contributed by atoms with Crippen LogP contribution in [0.15, 0.2) is 36.4 Å². The van der Waals surface area contributed by atoms with Crippen molar-refractivity contribution in [3.8, 4) is 5.75 Å². The van der Waals surface area contributed by atoms with Crippen molar-refractivity contribution in [3.63, 3.8) is 0 Å². The molecule has 2 aliphatic carbocycles. The van der Waals surface area contributed by atoms with Crippen LogP contribution in [0.4, 0.5) is 5.69 Å². The molecule has 5 heteroatoms. The van der Waals surface area contributed by atoms with Crippen LogP contribution in [-0.2, 0) is 9.59 Å². The maximum Gasteiger partial charge on any atom is 0.244 e. The topological polar surface area (TPSA) is 58.6 Å². The van der Waals surface area contributed by atoms with Crippen LogP contribution in [0, 0.1) is 17.8 Å². The third-order valence-corrected chi connectivity index (χ3v) is 5.01. The van der Waals surface area contributed by atoms with Gasteiger partial charge >= 0.3 is 0 Å². The third kappa shape index (κ3) is 3.30. The van der Waals surface area contributed by atoms with E-state index in [2.05, 4.69) is 17.5 Å². The van der Waals surface area contributed by atoms with Crippen LogP contribution in [0.3, 0.4) is 0 Å². The molecule has 3 atom stereocenters. The average Bonchev–Trinajstić information content (AvgIpc) is 3.22. The van der Waals surface area contributed by atoms with Crippen LogP contribution in [0.2, 0.25) is 0 Å². The van der Waals surface area contributed by atoms with E-state index in [0.717, 1.165) is 12.8 Å². The molecule has 3 rings (SSSR count). The minimum atomic E-state index is -0.201. The van der Waals surface area contributed by atoms with Gasteiger partial charge in [0.25, 0.3) is 0 Å². The van der Waals surface area contributed by atoms with Crippen LogP contribution in [0.1, 0.15) is 19.8 Å². The van der Waals surface area contributed by atoms with Gasteiger partial charge in [0.2, 0.25) is 11.8 Å². The number of ether oxygens (including phenoxy) is 1. The van der Waals surface area contributed by atoms with Gasteiger partial charge in [-0.3, -0.25) is 9.59 Å². The summed E-state index contributed by atoms with van der Waals surface area (Å²) in [5.74, 6) is 1.45. The molecule has 0 unspecified atom stereocenters. The highest BCUT2D eigenvalue weighted by atomic mass is 16.5. The Labute approximate surface area is 142 Å². The zero-order valence-electron chi connectivity index (χ0n) is 14.2. The summed E-state index contributed by atoms with van der Waals surface area (Å²) in [6.07, 6.45) is 6.39. The Bertz CT molecular complexity index is 656. The fourth-order valence-corrected chi connectivity index (χ4v) is 3.76. The molecule has 0 spiro atoms. The fraction of sp³-hybridized carbons (Fsp3) is 0.474. The van der Waals surface area contributed by atoms with Crippen LogP contribution in [-0.4, -0.2) is 36.9 Å². The first-order valence-electron chi connectivity index (χ1n) is 8.52. The van der Waals surface area contributed by atoms with Crippen molar-refractivity contribution in [1.82, 2.24) is 4.90 Å². The number of allylic oxidation sites excluding steroid dienone is 2. The molecular weight excluding hydrogens is 304 g/mol. The summed E-state index contributed by atoms with van der Waals surface area (Å²) in [5, 5.41) is 2.83. The first-order valence-corrected chi connectivity index (χ1v) is 8.52. The molecule has 5 nitrogen and oxygen atoms in total. The van der Waals surface area contributed by atoms with Crippen molar-refractivity contribution >= 4 is 17.5 Å². The molecule has 2 amide bonds. The van der Waals surface area contributed by atoms with Crippen molar-refractivity contribution in [1.29, 1.82) is 0 Å². The number of para-hydroxylation sites is 2. The highest BCUT2D eigenvalue weighted by molar-refractivity contribution is 5.96. The lowest BCUT2D eigenvalue weighted by atomic mass is 9.92. The summed E-state index contributed by atoms with van der Waals surface area (Å²) in [5.41, 5.74) is 0.622. The van der Waals surface area contributed by atoms with E-state index in [1.165, 1.54) is 0 Å². The van der Waals surface area contributed by atoms with Crippen molar-refractivity contribution in [3.05, 3.63) is 36.4 Å². The predicted octanol–water partition coefficient (Wildman–Crippen LogP) is 2.69. The van der Waals surface area contributed by atoms with Gasteiger partial charge in [0.1, 0.15) is 5.75 Å². The Morgan fingerprint density at radius 1 is 1.25 bits per heavy atom. The molecule has 1 fully saturated rings. The average molecular weight is 328 g/mol. The smallest absolute Gasteiger partial charge is 0.244 e. The number of nitrogens with one attached hydrogen (secondary N) is 1. The maximum atomic E-state index is 12.8. The van der Waals surface area contributed by atoms with E-state index in [1.54, 1.807) is 24.1 Å². The van der Waals surface area contributed by atoms with Gasteiger partial charge in [-0.1, -0.05) is 24.3 Å². The molecule has 24 heavy (non-hydrogen) atoms. The second-order valence-corrected chi connectivity index (χ2v) is 6.49. The second-order valence-electron chi connectivity index (χ2n) is 6.49. The molecular formula is C19H24N2O3. The zero-order valence-corrected chi connectivity index (χ0v) is 14.2. The molecule has 2 bridgehead atoms. The van der Waals surface area contributed by atoms with Crippen molar-refractivity contribution in [2.75, 3.05) is 25.5 Å². The monoisotopic (exact) mass is 328 g/mol. The molecule has 0 radical (unpaired) electrons. The highest BCUT2D eigenvalue weighted by Crippen LogP contribution is 2.44. The van der Waals surface area contributed by atoms with E-state index in [0.29, 0.717) is 29.8 Å². The minimum Gasteiger partial charge on any atom is -0.495 e. The van der Waals surface area contributed by atoms with Gasteiger partial charge in [-0.2, -0.15) is 0 Å². The summed E-state index contributed by atoms with van der Waals surface area (Å²) in [4.78, 5) is 26.8. The van der Waals surface area contributed by atoms with Crippen LogP contribution in [0.25, 0.3) is 0 Å². The lowest BCUT2D eigenvalue weighted by Gasteiger charge is -2.26. The molecule has 0 heterocycles. The number of hydrogen-bond donors (Lipinski definition) is 1. The van der Waals surface area contributed by atoms with Crippen molar-refractivity contribution < 1.29 is 14.3 Å². The summed E-state index contributed by atoms with van der Waals surface area (Å²) in [7, 11) is 1.56. The quantitative estimate of drug-likeness (QED) is 0.817. The molecule has 1 saturated carbocycles. The number of anilines is 1. The molecule has 0 aromatic heterocycles. The zero-order chi connectivity index (χ0) is 17.1. The van der Waals surface area contributed by atoms with Gasteiger partial charge in [-0.05, 0) is 43.7 Å². The van der Waals surface area contributed by atoms with Crippen molar-refractivity contribution in [2.24, 2.45) is 17.8 Å². The van der Waals surface area contributed by atoms with Crippen molar-refractivity contribution in [2.45, 2.75) is 19.8 Å². The minimum absolute atomic E-state index is 0.0408. The first kappa shape index (κ1) is 16.6. The van der Waals surface area contributed by atoms with E-state index in [-0.39, 0.29) is 24.3 Å². The number of fused-ring (bicyclic) bond motifs is 2. The number of hydrogen-bond acceptors (Lipinski definition) is 3. The number of methoxy groups -OCH3 is 1. The summed E-state index contributed by atoms with van der Waals surface area (Å²) in [6.45, 7) is 2.53. The number of nitrogens with zero attached hydrogens (tertiary/aromatic N) is 1. The van der Waals surface area contributed by atoms with Gasteiger partial charge in [-0.15, -0.1) is 0 Å². The van der Waals surface area contributed by atoms with Crippen LogP contribution >= 0.6 is 0 Å². The second kappa shape index (κ2) is 7.07. The van der Waals surface area contributed by atoms with E-state index >= 15 is 0 Å². The molecule has 0 saturated heterocycles. The Morgan fingerprint density at radius 3 is 2.67 bits per heavy atom. The lowest BCUT2D eigenvalue weighted by Crippen LogP contribution is -2.42. The maximum absolute atomic E-state index is 12.8. The molecule has 1 N–H and O–H groups in total. The number of carbonyl (C=O) groups is 2. The molecule has 0 aliphatic heterocycles. The summed E-state index contributed by atoms with van der Waals surface area (Å²) < 4.78 is 5.24. The standard InChI is InChI=1S/C19H24N2O3/c1-3-21(19(23)15-11-13-8-9-14(15)10-13)12-18(22)20-16-6-4-5-7-17(16)24-2/h4-9,13-15H,3,10-12H2,1-2H3,(H,20,22)/t13-,14+,15-/m1/s1. The summed E-state index contributed by atoms with van der Waals surface area (Å²) >= 11 is 0. The Kier molecular flexibility index (Phi) is 4.88. The predicted molar refractivity (Wildman–Crippen MR) is 92.7 cm³/mol. The van der Waals surface area contributed by atoms with Gasteiger partial charge in [-0.25, -0.2) is 0 Å². The Morgan fingerprint density at radius 2 is 2.04 bits per heavy atom. The van der Waals surface area contributed by atoms with E-state index in [1.807, 2.05) is 19.1 Å². The fourth-order valence-electron chi connectivity index (χ4n) is 3.76. The summed E-state index contributed by atoms with van der Waals surface area (Å²) in [6, 6.07) is 7.26. The Hall–Kier alpha value is -2.30. The molecule has 2 aliphatic rings. The van der Waals surface area contributed by atoms with E-state index < -0.39 is 0 Å². The van der Waals surface area contributed by atoms with Gasteiger partial charge in [0, 0.05) is 12.5 Å². The largest absolute Gasteiger partial charge is 0.495 e. The number of carbonyl (C=O) groups excluding carboxylic acids is 2. The van der Waals surface area contributed by atoms with Gasteiger partial charge in [0.15, 0.2) is 0 Å². The highest BCUT2D eigenvalue weighted by Gasteiger charge is 2.41. The normalized spacial score (nSPS) is 24.0. The molecule has 1 aromatic rings. The lowest BCUT2D eigenvalue weighted by molar-refractivity contribution is -0.138. The molecule has 128 valence electrons. The number of likely N-dealkylation sites (N-methyl/N-ethyl adjacent to an activating group) is 1. The number of benzene rings is 1. The molecule has 1 aromatic carbocycles. The van der Waals surface area contributed by atoms with E-state index in [9.17, 15) is 9.59 Å². The van der Waals surface area contributed by atoms with Crippen LogP contribution in [0.5, 0.6) is 5.75 Å².